The van der Waals surface area contributed by atoms with Crippen molar-refractivity contribution in [2.75, 3.05) is 9.44 Å². The molecule has 0 unspecified atom stereocenters. The van der Waals surface area contributed by atoms with E-state index in [4.69, 9.17) is 4.52 Å². The maximum absolute atomic E-state index is 13.0. The second kappa shape index (κ2) is 8.01. The fourth-order valence-electron chi connectivity index (χ4n) is 3.18. The highest BCUT2D eigenvalue weighted by atomic mass is 32.2. The summed E-state index contributed by atoms with van der Waals surface area (Å²) in [4.78, 5) is 0.196. The molecule has 2 N–H and O–H groups in total. The van der Waals surface area contributed by atoms with Crippen LogP contribution in [0.5, 0.6) is 0 Å². The minimum Gasteiger partial charge on any atom is -0.337 e. The Hall–Kier alpha value is -2.85. The van der Waals surface area contributed by atoms with Crippen LogP contribution >= 0.6 is 0 Å². The van der Waals surface area contributed by atoms with Crippen molar-refractivity contribution in [3.05, 3.63) is 63.8 Å². The maximum atomic E-state index is 13.0. The van der Waals surface area contributed by atoms with Crippen molar-refractivity contribution in [3.8, 4) is 0 Å². The molecular formula is C21H25N3O5S2. The van der Waals surface area contributed by atoms with Crippen LogP contribution in [0.4, 0.5) is 11.6 Å². The summed E-state index contributed by atoms with van der Waals surface area (Å²) in [5.74, 6) is 0.0445. The van der Waals surface area contributed by atoms with Crippen molar-refractivity contribution in [2.24, 2.45) is 0 Å². The highest BCUT2D eigenvalue weighted by Gasteiger charge is 2.23. The number of aromatic nitrogens is 1. The van der Waals surface area contributed by atoms with Gasteiger partial charge in [-0.05, 0) is 88.1 Å². The van der Waals surface area contributed by atoms with E-state index in [1.165, 1.54) is 24.3 Å². The summed E-state index contributed by atoms with van der Waals surface area (Å²) in [7, 11) is -7.78. The Morgan fingerprint density at radius 3 is 1.77 bits per heavy atom. The predicted octanol–water partition coefficient (Wildman–Crippen LogP) is 4.13. The third-order valence-corrected chi connectivity index (χ3v) is 8.37. The minimum atomic E-state index is -3.92. The zero-order valence-electron chi connectivity index (χ0n) is 18.2. The fourth-order valence-corrected chi connectivity index (χ4v) is 5.91. The summed E-state index contributed by atoms with van der Waals surface area (Å²) in [5, 5.41) is 3.73. The number of benzene rings is 2. The molecule has 1 heterocycles. The number of anilines is 2. The van der Waals surface area contributed by atoms with Crippen molar-refractivity contribution >= 4 is 31.6 Å². The Balaban J connectivity index is 1.88. The highest BCUT2D eigenvalue weighted by Crippen LogP contribution is 2.28. The third kappa shape index (κ3) is 4.45. The molecule has 0 bridgehead atoms. The molecule has 0 saturated heterocycles. The number of nitrogens with zero attached hydrogens (tertiary/aromatic N) is 1. The Morgan fingerprint density at radius 2 is 1.29 bits per heavy atom. The van der Waals surface area contributed by atoms with Gasteiger partial charge in [0.25, 0.3) is 20.0 Å². The highest BCUT2D eigenvalue weighted by molar-refractivity contribution is 7.93. The summed E-state index contributed by atoms with van der Waals surface area (Å²) in [6.07, 6.45) is 0. The summed E-state index contributed by atoms with van der Waals surface area (Å²) in [6.45, 7) is 10.7. The van der Waals surface area contributed by atoms with E-state index in [9.17, 15) is 16.8 Å². The lowest BCUT2D eigenvalue weighted by molar-refractivity contribution is 0.430. The minimum absolute atomic E-state index is 0.0392. The normalized spacial score (nSPS) is 12.1. The summed E-state index contributed by atoms with van der Waals surface area (Å²) in [5.41, 5.74) is 4.55. The lowest BCUT2D eigenvalue weighted by Gasteiger charge is -2.17. The van der Waals surface area contributed by atoms with Crippen LogP contribution in [-0.4, -0.2) is 22.0 Å². The van der Waals surface area contributed by atoms with Gasteiger partial charge in [0.2, 0.25) is 5.88 Å². The molecule has 0 radical (unpaired) electrons. The summed E-state index contributed by atoms with van der Waals surface area (Å²) < 4.78 is 61.2. The van der Waals surface area contributed by atoms with E-state index in [1.54, 1.807) is 27.7 Å². The van der Waals surface area contributed by atoms with Crippen LogP contribution in [0.25, 0.3) is 0 Å². The van der Waals surface area contributed by atoms with E-state index in [1.807, 2.05) is 19.9 Å². The molecule has 0 fully saturated rings. The zero-order chi connectivity index (χ0) is 23.1. The maximum Gasteiger partial charge on any atom is 0.264 e. The van der Waals surface area contributed by atoms with Crippen LogP contribution in [-0.2, 0) is 20.0 Å². The van der Waals surface area contributed by atoms with Gasteiger partial charge in [-0.3, -0.25) is 4.72 Å². The van der Waals surface area contributed by atoms with Crippen molar-refractivity contribution in [1.29, 1.82) is 0 Å². The molecule has 0 amide bonds. The van der Waals surface area contributed by atoms with E-state index >= 15 is 0 Å². The monoisotopic (exact) mass is 463 g/mol. The van der Waals surface area contributed by atoms with Crippen LogP contribution in [0, 0.1) is 41.5 Å². The van der Waals surface area contributed by atoms with E-state index in [0.717, 1.165) is 11.1 Å². The van der Waals surface area contributed by atoms with Crippen molar-refractivity contribution < 1.29 is 21.4 Å². The average Bonchev–Trinajstić information content (AvgIpc) is 2.98. The Labute approximate surface area is 182 Å². The van der Waals surface area contributed by atoms with Crippen molar-refractivity contribution in [1.82, 2.24) is 5.16 Å². The van der Waals surface area contributed by atoms with Crippen molar-refractivity contribution in [2.45, 2.75) is 51.3 Å². The largest absolute Gasteiger partial charge is 0.337 e. The molecule has 0 saturated carbocycles. The molecule has 0 spiro atoms. The summed E-state index contributed by atoms with van der Waals surface area (Å²) in [6, 6.07) is 7.39. The number of hydrogen-bond donors (Lipinski definition) is 2. The molecule has 0 aliphatic carbocycles. The third-order valence-electron chi connectivity index (χ3n) is 5.37. The van der Waals surface area contributed by atoms with Crippen LogP contribution in [0.3, 0.4) is 0 Å². The van der Waals surface area contributed by atoms with Crippen LogP contribution < -0.4 is 9.44 Å². The molecule has 10 heteroatoms. The van der Waals surface area contributed by atoms with E-state index < -0.39 is 20.0 Å². The van der Waals surface area contributed by atoms with Gasteiger partial charge in [-0.2, -0.15) is 0 Å². The molecule has 0 aliphatic heterocycles. The van der Waals surface area contributed by atoms with E-state index in [0.29, 0.717) is 22.4 Å². The Bertz CT molecular complexity index is 1330. The van der Waals surface area contributed by atoms with Gasteiger partial charge < -0.3 is 4.52 Å². The smallest absolute Gasteiger partial charge is 0.264 e. The molecule has 166 valence electrons. The topological polar surface area (TPSA) is 118 Å². The number of rotatable bonds is 6. The number of sulfonamides is 2. The van der Waals surface area contributed by atoms with Gasteiger partial charge in [-0.1, -0.05) is 11.2 Å². The van der Waals surface area contributed by atoms with Gasteiger partial charge in [-0.25, -0.2) is 21.6 Å². The predicted molar refractivity (Wildman–Crippen MR) is 119 cm³/mol. The Morgan fingerprint density at radius 1 is 0.742 bits per heavy atom. The first-order valence-electron chi connectivity index (χ1n) is 9.49. The lowest BCUT2D eigenvalue weighted by Crippen LogP contribution is -2.17. The summed E-state index contributed by atoms with van der Waals surface area (Å²) >= 11 is 0. The SMILES string of the molecule is Cc1cc(C)c(C)c(S(=O)(=O)Nc2ccc(S(=O)(=O)Nc3onc(C)c3C)cc2)c1C. The second-order valence-electron chi connectivity index (χ2n) is 7.55. The van der Waals surface area contributed by atoms with Crippen molar-refractivity contribution in [3.63, 3.8) is 0 Å². The standard InChI is InChI=1S/C21H25N3O5S2/c1-12-11-13(2)15(4)20(14(12)3)31(27,28)23-18-7-9-19(10-8-18)30(25,26)24-21-16(5)17(6)22-29-21/h7-11,23-24H,1-6H3. The number of aryl methyl sites for hydroxylation is 3. The van der Waals surface area contributed by atoms with Gasteiger partial charge in [0.15, 0.2) is 0 Å². The van der Waals surface area contributed by atoms with E-state index in [2.05, 4.69) is 14.6 Å². The van der Waals surface area contributed by atoms with Gasteiger partial charge in [0, 0.05) is 11.3 Å². The van der Waals surface area contributed by atoms with Gasteiger partial charge in [0.1, 0.15) is 0 Å². The molecular weight excluding hydrogens is 438 g/mol. The molecule has 0 aliphatic rings. The van der Waals surface area contributed by atoms with Crippen LogP contribution in [0.15, 0.2) is 44.6 Å². The quantitative estimate of drug-likeness (QED) is 0.567. The zero-order valence-corrected chi connectivity index (χ0v) is 19.8. The molecule has 1 aromatic heterocycles. The van der Waals surface area contributed by atoms with Gasteiger partial charge >= 0.3 is 0 Å². The Kier molecular flexibility index (Phi) is 5.90. The molecule has 8 nitrogen and oxygen atoms in total. The first-order chi connectivity index (χ1) is 14.3. The van der Waals surface area contributed by atoms with E-state index in [-0.39, 0.29) is 21.4 Å². The number of hydrogen-bond acceptors (Lipinski definition) is 6. The van der Waals surface area contributed by atoms with Crippen LogP contribution in [0.1, 0.15) is 33.5 Å². The van der Waals surface area contributed by atoms with Gasteiger partial charge in [0.05, 0.1) is 15.5 Å². The molecule has 3 aromatic rings. The van der Waals surface area contributed by atoms with Crippen LogP contribution in [0.2, 0.25) is 0 Å². The molecule has 3 rings (SSSR count). The number of nitrogens with one attached hydrogen (secondary N) is 2. The first kappa shape index (κ1) is 22.8. The first-order valence-corrected chi connectivity index (χ1v) is 12.5. The second-order valence-corrected chi connectivity index (χ2v) is 10.8. The fraction of sp³-hybridized carbons (Fsp3) is 0.286. The van der Waals surface area contributed by atoms with Gasteiger partial charge in [-0.15, -0.1) is 0 Å². The molecule has 2 aromatic carbocycles. The lowest BCUT2D eigenvalue weighted by atomic mass is 10.0. The molecule has 31 heavy (non-hydrogen) atoms. The average molecular weight is 464 g/mol. The molecule has 0 atom stereocenters.